The third-order valence-corrected chi connectivity index (χ3v) is 5.57. The van der Waals surface area contributed by atoms with Crippen molar-refractivity contribution in [2.75, 3.05) is 7.11 Å². The molecule has 0 fully saturated rings. The molecule has 4 nitrogen and oxygen atoms in total. The summed E-state index contributed by atoms with van der Waals surface area (Å²) < 4.78 is 11.1. The molecule has 0 saturated carbocycles. The van der Waals surface area contributed by atoms with Crippen LogP contribution in [0.4, 0.5) is 0 Å². The third kappa shape index (κ3) is 3.06. The average molecular weight is 369 g/mol. The van der Waals surface area contributed by atoms with Crippen molar-refractivity contribution in [3.05, 3.63) is 74.8 Å². The number of rotatable bonds is 5. The number of ether oxygens (including phenoxy) is 1. The van der Waals surface area contributed by atoms with Gasteiger partial charge in [0.25, 0.3) is 5.91 Å². The largest absolute Gasteiger partial charge is 0.493 e. The number of furan rings is 1. The van der Waals surface area contributed by atoms with Crippen LogP contribution in [0.25, 0.3) is 11.0 Å². The van der Waals surface area contributed by atoms with E-state index in [1.54, 1.807) is 35.8 Å². The predicted molar refractivity (Wildman–Crippen MR) is 101 cm³/mol. The van der Waals surface area contributed by atoms with Crippen LogP contribution < -0.4 is 10.1 Å². The molecule has 4 aromatic rings. The highest BCUT2D eigenvalue weighted by atomic mass is 32.1. The first kappa shape index (κ1) is 15.9. The summed E-state index contributed by atoms with van der Waals surface area (Å²) in [7, 11) is 1.58. The Morgan fingerprint density at radius 2 is 2.12 bits per heavy atom. The molecule has 0 saturated heterocycles. The van der Waals surface area contributed by atoms with Gasteiger partial charge < -0.3 is 14.5 Å². The number of fused-ring (bicyclic) bond motifs is 1. The Bertz CT molecular complexity index is 953. The van der Waals surface area contributed by atoms with E-state index in [1.165, 1.54) is 0 Å². The Morgan fingerprint density at radius 3 is 2.84 bits per heavy atom. The SMILES string of the molecule is COc1cccc2cc(C(=O)NC(c3ccsc3)c3cccs3)oc12. The van der Waals surface area contributed by atoms with Crippen LogP contribution in [0.5, 0.6) is 5.75 Å². The molecule has 3 heterocycles. The summed E-state index contributed by atoms with van der Waals surface area (Å²) in [4.78, 5) is 13.9. The number of hydrogen-bond donors (Lipinski definition) is 1. The van der Waals surface area contributed by atoms with Crippen molar-refractivity contribution in [3.63, 3.8) is 0 Å². The summed E-state index contributed by atoms with van der Waals surface area (Å²) in [6.07, 6.45) is 0. The minimum atomic E-state index is -0.247. The van der Waals surface area contributed by atoms with Gasteiger partial charge in [0, 0.05) is 10.3 Å². The van der Waals surface area contributed by atoms with E-state index in [-0.39, 0.29) is 17.7 Å². The van der Waals surface area contributed by atoms with Crippen molar-refractivity contribution in [1.29, 1.82) is 0 Å². The van der Waals surface area contributed by atoms with Crippen molar-refractivity contribution < 1.29 is 13.9 Å². The number of thiophene rings is 2. The lowest BCUT2D eigenvalue weighted by Crippen LogP contribution is -2.28. The molecule has 1 aromatic carbocycles. The summed E-state index contributed by atoms with van der Waals surface area (Å²) in [6, 6.07) is 13.2. The number of benzene rings is 1. The molecule has 0 aliphatic carbocycles. The van der Waals surface area contributed by atoms with Gasteiger partial charge in [0.15, 0.2) is 17.1 Å². The van der Waals surface area contributed by atoms with Gasteiger partial charge in [-0.1, -0.05) is 18.2 Å². The molecule has 25 heavy (non-hydrogen) atoms. The Hall–Kier alpha value is -2.57. The van der Waals surface area contributed by atoms with Gasteiger partial charge >= 0.3 is 0 Å². The van der Waals surface area contributed by atoms with E-state index >= 15 is 0 Å². The molecular formula is C19H15NO3S2. The first-order chi connectivity index (χ1) is 12.3. The zero-order chi connectivity index (χ0) is 17.2. The van der Waals surface area contributed by atoms with Crippen molar-refractivity contribution in [2.24, 2.45) is 0 Å². The van der Waals surface area contributed by atoms with E-state index in [2.05, 4.69) is 5.32 Å². The highest BCUT2D eigenvalue weighted by molar-refractivity contribution is 7.10. The Morgan fingerprint density at radius 1 is 1.20 bits per heavy atom. The first-order valence-corrected chi connectivity index (χ1v) is 9.51. The molecule has 1 unspecified atom stereocenters. The molecule has 1 N–H and O–H groups in total. The van der Waals surface area contributed by atoms with Crippen molar-refractivity contribution >= 4 is 39.5 Å². The second kappa shape index (κ2) is 6.74. The lowest BCUT2D eigenvalue weighted by atomic mass is 10.1. The minimum Gasteiger partial charge on any atom is -0.493 e. The van der Waals surface area contributed by atoms with Gasteiger partial charge in [0.05, 0.1) is 13.2 Å². The molecule has 0 radical (unpaired) electrons. The Kier molecular flexibility index (Phi) is 4.29. The second-order valence-corrected chi connectivity index (χ2v) is 7.23. The van der Waals surface area contributed by atoms with Crippen LogP contribution in [0.15, 0.2) is 63.0 Å². The van der Waals surface area contributed by atoms with Crippen LogP contribution in [0, 0.1) is 0 Å². The molecule has 0 aliphatic rings. The number of amides is 1. The fraction of sp³-hybridized carbons (Fsp3) is 0.105. The molecule has 1 atom stereocenters. The number of nitrogens with one attached hydrogen (secondary N) is 1. The minimum absolute atomic E-state index is 0.186. The highest BCUT2D eigenvalue weighted by Crippen LogP contribution is 2.30. The summed E-state index contributed by atoms with van der Waals surface area (Å²) >= 11 is 3.23. The van der Waals surface area contributed by atoms with Gasteiger partial charge in [-0.2, -0.15) is 11.3 Å². The van der Waals surface area contributed by atoms with E-state index in [0.29, 0.717) is 11.3 Å². The number of carbonyl (C=O) groups is 1. The van der Waals surface area contributed by atoms with Crippen LogP contribution in [0.3, 0.4) is 0 Å². The number of para-hydroxylation sites is 1. The van der Waals surface area contributed by atoms with Crippen molar-refractivity contribution in [3.8, 4) is 5.75 Å². The fourth-order valence-corrected chi connectivity index (χ4v) is 4.21. The zero-order valence-electron chi connectivity index (χ0n) is 13.4. The van der Waals surface area contributed by atoms with Gasteiger partial charge in [-0.15, -0.1) is 11.3 Å². The number of methoxy groups -OCH3 is 1. The molecule has 4 rings (SSSR count). The van der Waals surface area contributed by atoms with Crippen molar-refractivity contribution in [1.82, 2.24) is 5.32 Å². The summed E-state index contributed by atoms with van der Waals surface area (Å²) in [5.41, 5.74) is 1.65. The van der Waals surface area contributed by atoms with Crippen molar-refractivity contribution in [2.45, 2.75) is 6.04 Å². The molecule has 126 valence electrons. The van der Waals surface area contributed by atoms with E-state index in [0.717, 1.165) is 15.8 Å². The van der Waals surface area contributed by atoms with Gasteiger partial charge in [0.1, 0.15) is 0 Å². The van der Waals surface area contributed by atoms with Gasteiger partial charge in [-0.3, -0.25) is 4.79 Å². The maximum Gasteiger partial charge on any atom is 0.287 e. The topological polar surface area (TPSA) is 51.5 Å². The maximum absolute atomic E-state index is 12.8. The lowest BCUT2D eigenvalue weighted by Gasteiger charge is -2.15. The van der Waals surface area contributed by atoms with E-state index in [1.807, 2.05) is 52.5 Å². The average Bonchev–Trinajstić information content (AvgIpc) is 3.40. The van der Waals surface area contributed by atoms with Gasteiger partial charge in [-0.25, -0.2) is 0 Å². The van der Waals surface area contributed by atoms with Crippen LogP contribution in [-0.2, 0) is 0 Å². The molecule has 0 bridgehead atoms. The van der Waals surface area contributed by atoms with E-state index in [4.69, 9.17) is 9.15 Å². The number of hydrogen-bond acceptors (Lipinski definition) is 5. The van der Waals surface area contributed by atoms with Gasteiger partial charge in [0.2, 0.25) is 0 Å². The monoisotopic (exact) mass is 369 g/mol. The van der Waals surface area contributed by atoms with Crippen LogP contribution >= 0.6 is 22.7 Å². The van der Waals surface area contributed by atoms with E-state index < -0.39 is 0 Å². The van der Waals surface area contributed by atoms with Crippen LogP contribution in [-0.4, -0.2) is 13.0 Å². The van der Waals surface area contributed by atoms with Crippen LogP contribution in [0.1, 0.15) is 27.0 Å². The van der Waals surface area contributed by atoms with Crippen LogP contribution in [0.2, 0.25) is 0 Å². The molecule has 6 heteroatoms. The lowest BCUT2D eigenvalue weighted by molar-refractivity contribution is 0.0917. The maximum atomic E-state index is 12.8. The summed E-state index contributed by atoms with van der Waals surface area (Å²) in [5, 5.41) is 9.98. The standard InChI is InChI=1S/C19H15NO3S2/c1-22-14-5-2-4-12-10-15(23-18(12)14)19(21)20-17(13-7-9-24-11-13)16-6-3-8-25-16/h2-11,17H,1H3,(H,20,21). The number of carbonyl (C=O) groups excluding carboxylic acids is 1. The molecule has 0 aliphatic heterocycles. The fourth-order valence-electron chi connectivity index (χ4n) is 2.72. The highest BCUT2D eigenvalue weighted by Gasteiger charge is 2.22. The quantitative estimate of drug-likeness (QED) is 0.533. The molecule has 0 spiro atoms. The summed E-state index contributed by atoms with van der Waals surface area (Å²) in [6.45, 7) is 0. The Labute approximate surface area is 152 Å². The summed E-state index contributed by atoms with van der Waals surface area (Å²) in [5.74, 6) is 0.642. The molecular weight excluding hydrogens is 354 g/mol. The molecule has 1 amide bonds. The predicted octanol–water partition coefficient (Wildman–Crippen LogP) is 5.08. The van der Waals surface area contributed by atoms with Gasteiger partial charge in [-0.05, 0) is 46.0 Å². The normalized spacial score (nSPS) is 12.2. The smallest absolute Gasteiger partial charge is 0.287 e. The Balaban J connectivity index is 1.66. The van der Waals surface area contributed by atoms with E-state index in [9.17, 15) is 4.79 Å². The molecule has 3 aromatic heterocycles. The third-order valence-electron chi connectivity index (χ3n) is 3.93. The second-order valence-electron chi connectivity index (χ2n) is 5.47. The zero-order valence-corrected chi connectivity index (χ0v) is 15.0. The first-order valence-electron chi connectivity index (χ1n) is 7.69.